The molecule has 1 radical (unpaired) electrons. The number of rotatable bonds is 2. The molecule has 75 valence electrons. The van der Waals surface area contributed by atoms with E-state index in [0.29, 0.717) is 0 Å². The summed E-state index contributed by atoms with van der Waals surface area (Å²) < 4.78 is 0. The highest BCUT2D eigenvalue weighted by molar-refractivity contribution is 4.92. The molecular formula is C13H23. The summed E-state index contributed by atoms with van der Waals surface area (Å²) in [7, 11) is 0. The minimum Gasteiger partial charge on any atom is -0.0533 e. The van der Waals surface area contributed by atoms with E-state index in [0.717, 1.165) is 17.8 Å². The molecule has 2 aliphatic rings. The van der Waals surface area contributed by atoms with Crippen LogP contribution in [-0.2, 0) is 0 Å². The Kier molecular flexibility index (Phi) is 2.96. The third-order valence-electron chi connectivity index (χ3n) is 4.50. The molecule has 0 aromatic rings. The molecule has 2 rings (SSSR count). The molecule has 2 saturated carbocycles. The van der Waals surface area contributed by atoms with Crippen molar-refractivity contribution in [2.45, 2.75) is 64.2 Å². The van der Waals surface area contributed by atoms with E-state index in [1.54, 1.807) is 0 Å². The highest BCUT2D eigenvalue weighted by atomic mass is 14.5. The highest BCUT2D eigenvalue weighted by Gasteiger charge is 2.40. The van der Waals surface area contributed by atoms with Crippen LogP contribution in [0.2, 0.25) is 0 Å². The Morgan fingerprint density at radius 2 is 1.62 bits per heavy atom. The van der Waals surface area contributed by atoms with Crippen molar-refractivity contribution >= 4 is 0 Å². The minimum absolute atomic E-state index is 0.762. The first kappa shape index (κ1) is 9.55. The van der Waals surface area contributed by atoms with Crippen LogP contribution in [0.3, 0.4) is 0 Å². The summed E-state index contributed by atoms with van der Waals surface area (Å²) in [5.41, 5.74) is 0.762. The normalized spacial score (nSPS) is 39.9. The van der Waals surface area contributed by atoms with Gasteiger partial charge in [0.15, 0.2) is 0 Å². The molecule has 0 aliphatic heterocycles. The Hall–Kier alpha value is 0. The van der Waals surface area contributed by atoms with Crippen molar-refractivity contribution in [2.75, 3.05) is 0 Å². The Bertz CT molecular complexity index is 142. The van der Waals surface area contributed by atoms with Crippen LogP contribution in [0.5, 0.6) is 0 Å². The maximum absolute atomic E-state index is 4.07. The Morgan fingerprint density at radius 3 is 2.15 bits per heavy atom. The predicted octanol–water partition coefficient (Wildman–Crippen LogP) is 4.35. The molecule has 13 heavy (non-hydrogen) atoms. The molecule has 0 aromatic heterocycles. The van der Waals surface area contributed by atoms with Crippen molar-refractivity contribution in [3.05, 3.63) is 6.92 Å². The van der Waals surface area contributed by atoms with E-state index in [1.807, 2.05) is 0 Å². The molecule has 0 aromatic carbocycles. The third kappa shape index (κ3) is 1.78. The number of fused-ring (bicyclic) bond motifs is 1. The summed E-state index contributed by atoms with van der Waals surface area (Å²) in [5.74, 6) is 1.08. The first-order chi connectivity index (χ1) is 6.37. The van der Waals surface area contributed by atoms with Crippen molar-refractivity contribution in [3.8, 4) is 0 Å². The first-order valence-corrected chi connectivity index (χ1v) is 6.17. The Balaban J connectivity index is 2.06. The molecule has 0 heteroatoms. The van der Waals surface area contributed by atoms with Gasteiger partial charge in [-0.1, -0.05) is 39.0 Å². The van der Waals surface area contributed by atoms with Crippen LogP contribution < -0.4 is 0 Å². The van der Waals surface area contributed by atoms with Crippen molar-refractivity contribution in [1.29, 1.82) is 0 Å². The minimum atomic E-state index is 0.762. The fourth-order valence-corrected chi connectivity index (χ4v) is 3.83. The lowest BCUT2D eigenvalue weighted by Gasteiger charge is -2.48. The molecule has 0 spiro atoms. The van der Waals surface area contributed by atoms with Gasteiger partial charge >= 0.3 is 0 Å². The smallest absolute Gasteiger partial charge is 0.0269 e. The third-order valence-corrected chi connectivity index (χ3v) is 4.50. The van der Waals surface area contributed by atoms with Gasteiger partial charge in [-0.05, 0) is 43.4 Å². The second-order valence-electron chi connectivity index (χ2n) is 5.15. The van der Waals surface area contributed by atoms with Crippen LogP contribution in [0.15, 0.2) is 0 Å². The molecule has 0 bridgehead atoms. The molecule has 0 amide bonds. The molecule has 0 nitrogen and oxygen atoms in total. The van der Waals surface area contributed by atoms with Crippen molar-refractivity contribution in [3.63, 3.8) is 0 Å². The molecule has 0 saturated heterocycles. The fraction of sp³-hybridized carbons (Fsp3) is 0.923. The summed E-state index contributed by atoms with van der Waals surface area (Å²) in [4.78, 5) is 0. The summed E-state index contributed by atoms with van der Waals surface area (Å²) >= 11 is 0. The van der Waals surface area contributed by atoms with E-state index in [-0.39, 0.29) is 0 Å². The molecule has 2 aliphatic carbocycles. The van der Waals surface area contributed by atoms with Crippen LogP contribution in [-0.4, -0.2) is 0 Å². The second-order valence-corrected chi connectivity index (χ2v) is 5.15. The van der Waals surface area contributed by atoms with Crippen LogP contribution in [0.1, 0.15) is 64.2 Å². The van der Waals surface area contributed by atoms with Crippen LogP contribution in [0.4, 0.5) is 0 Å². The van der Waals surface area contributed by atoms with Crippen molar-refractivity contribution in [2.24, 2.45) is 11.3 Å². The quantitative estimate of drug-likeness (QED) is 0.591. The van der Waals surface area contributed by atoms with Gasteiger partial charge < -0.3 is 0 Å². The van der Waals surface area contributed by atoms with E-state index in [2.05, 4.69) is 6.92 Å². The lowest BCUT2D eigenvalue weighted by molar-refractivity contribution is 0.0371. The summed E-state index contributed by atoms with van der Waals surface area (Å²) in [6.45, 7) is 4.07. The van der Waals surface area contributed by atoms with Crippen LogP contribution >= 0.6 is 0 Å². The molecule has 0 atom stereocenters. The summed E-state index contributed by atoms with van der Waals surface area (Å²) in [6.07, 6.45) is 14.7. The Labute approximate surface area is 83.1 Å². The molecule has 2 fully saturated rings. The SMILES string of the molecule is [CH2]CCC12CCCCC1CCCC2. The molecule has 0 heterocycles. The van der Waals surface area contributed by atoms with Crippen LogP contribution in [0, 0.1) is 18.3 Å². The monoisotopic (exact) mass is 179 g/mol. The standard InChI is InChI=1S/C13H23/c1-2-9-13-10-5-3-7-12(13)8-4-6-11-13/h12H,1-11H2. The van der Waals surface area contributed by atoms with Gasteiger partial charge in [-0.2, -0.15) is 0 Å². The van der Waals surface area contributed by atoms with E-state index < -0.39 is 0 Å². The van der Waals surface area contributed by atoms with Crippen molar-refractivity contribution < 1.29 is 0 Å². The zero-order valence-corrected chi connectivity index (χ0v) is 8.86. The Morgan fingerprint density at radius 1 is 1.00 bits per heavy atom. The second kappa shape index (κ2) is 4.02. The largest absolute Gasteiger partial charge is 0.0533 e. The summed E-state index contributed by atoms with van der Waals surface area (Å²) in [5, 5.41) is 0. The molecule has 0 N–H and O–H groups in total. The van der Waals surface area contributed by atoms with Gasteiger partial charge in [0.05, 0.1) is 0 Å². The highest BCUT2D eigenvalue weighted by Crippen LogP contribution is 2.52. The van der Waals surface area contributed by atoms with Gasteiger partial charge in [0.2, 0.25) is 0 Å². The van der Waals surface area contributed by atoms with E-state index in [4.69, 9.17) is 0 Å². The van der Waals surface area contributed by atoms with Gasteiger partial charge in [-0.25, -0.2) is 0 Å². The van der Waals surface area contributed by atoms with E-state index in [1.165, 1.54) is 57.8 Å². The maximum atomic E-state index is 4.07. The maximum Gasteiger partial charge on any atom is -0.0269 e. The first-order valence-electron chi connectivity index (χ1n) is 6.17. The summed E-state index contributed by atoms with van der Waals surface area (Å²) in [6, 6.07) is 0. The van der Waals surface area contributed by atoms with Gasteiger partial charge in [-0.3, -0.25) is 0 Å². The van der Waals surface area contributed by atoms with Gasteiger partial charge in [0.25, 0.3) is 0 Å². The van der Waals surface area contributed by atoms with Gasteiger partial charge in [0.1, 0.15) is 0 Å². The average molecular weight is 179 g/mol. The van der Waals surface area contributed by atoms with E-state index in [9.17, 15) is 0 Å². The lowest BCUT2D eigenvalue weighted by atomic mass is 9.58. The topological polar surface area (TPSA) is 0 Å². The van der Waals surface area contributed by atoms with Gasteiger partial charge in [0, 0.05) is 0 Å². The van der Waals surface area contributed by atoms with E-state index >= 15 is 0 Å². The fourth-order valence-electron chi connectivity index (χ4n) is 3.83. The predicted molar refractivity (Wildman–Crippen MR) is 57.5 cm³/mol. The lowest BCUT2D eigenvalue weighted by Crippen LogP contribution is -2.36. The van der Waals surface area contributed by atoms with Gasteiger partial charge in [-0.15, -0.1) is 0 Å². The molecular weight excluding hydrogens is 156 g/mol. The van der Waals surface area contributed by atoms with Crippen LogP contribution in [0.25, 0.3) is 0 Å². The zero-order chi connectivity index (χ0) is 9.15. The molecule has 0 unspecified atom stereocenters. The average Bonchev–Trinajstić information content (AvgIpc) is 2.18. The number of hydrogen-bond donors (Lipinski definition) is 0. The van der Waals surface area contributed by atoms with Crippen molar-refractivity contribution in [1.82, 2.24) is 0 Å². The zero-order valence-electron chi connectivity index (χ0n) is 8.86. The number of hydrogen-bond acceptors (Lipinski definition) is 0.